The van der Waals surface area contributed by atoms with Gasteiger partial charge in [0.1, 0.15) is 19.0 Å². The van der Waals surface area contributed by atoms with Gasteiger partial charge in [-0.3, -0.25) is 9.59 Å². The van der Waals surface area contributed by atoms with Crippen LogP contribution in [0.3, 0.4) is 0 Å². The van der Waals surface area contributed by atoms with Crippen LogP contribution >= 0.6 is 0 Å². The van der Waals surface area contributed by atoms with Crippen molar-refractivity contribution in [2.24, 2.45) is 29.1 Å². The molecule has 1 heterocycles. The zero-order chi connectivity index (χ0) is 31.2. The van der Waals surface area contributed by atoms with E-state index in [0.29, 0.717) is 38.2 Å². The lowest BCUT2D eigenvalue weighted by Crippen LogP contribution is -2.53. The summed E-state index contributed by atoms with van der Waals surface area (Å²) in [5.74, 6) is 0.596. The quantitative estimate of drug-likeness (QED) is 0.178. The molecule has 3 fully saturated rings. The smallest absolute Gasteiger partial charge is 0.311 e. The fourth-order valence-electron chi connectivity index (χ4n) is 7.21. The molecule has 1 saturated heterocycles. The van der Waals surface area contributed by atoms with Gasteiger partial charge in [-0.1, -0.05) is 50.6 Å². The fraction of sp³-hybridized carbons (Fsp3) is 0.758. The first-order valence-corrected chi connectivity index (χ1v) is 17.8. The molecule has 1 aromatic carbocycles. The number of hydrogen-bond acceptors (Lipinski definition) is 8. The molecule has 8 atom stereocenters. The molecule has 0 aromatic heterocycles. The van der Waals surface area contributed by atoms with E-state index in [4.69, 9.17) is 18.9 Å². The van der Waals surface area contributed by atoms with Crippen molar-refractivity contribution >= 4 is 22.0 Å². The van der Waals surface area contributed by atoms with Gasteiger partial charge in [-0.15, -0.1) is 0 Å². The van der Waals surface area contributed by atoms with Gasteiger partial charge in [0, 0.05) is 24.8 Å². The summed E-state index contributed by atoms with van der Waals surface area (Å²) in [6.45, 7) is 8.59. The van der Waals surface area contributed by atoms with Gasteiger partial charge >= 0.3 is 11.9 Å². The maximum atomic E-state index is 13.2. The molecule has 0 amide bonds. The first-order valence-electron chi connectivity index (χ1n) is 16.0. The lowest BCUT2D eigenvalue weighted by Gasteiger charge is -2.50. The minimum absolute atomic E-state index is 0.118. The predicted molar refractivity (Wildman–Crippen MR) is 163 cm³/mol. The Bertz CT molecular complexity index is 1170. The highest BCUT2D eigenvalue weighted by Gasteiger charge is 2.49. The molecule has 9 nitrogen and oxygen atoms in total. The number of esters is 2. The molecule has 2 aliphatic carbocycles. The van der Waals surface area contributed by atoms with Crippen molar-refractivity contribution in [2.75, 3.05) is 13.0 Å². The zero-order valence-corrected chi connectivity index (χ0v) is 27.3. The van der Waals surface area contributed by atoms with Crippen LogP contribution in [0.1, 0.15) is 91.0 Å². The average molecular weight is 622 g/mol. The number of nitrogens with one attached hydrogen (secondary N) is 1. The van der Waals surface area contributed by atoms with E-state index in [1.165, 1.54) is 6.26 Å². The highest BCUT2D eigenvalue weighted by Crippen LogP contribution is 2.50. The lowest BCUT2D eigenvalue weighted by molar-refractivity contribution is -0.176. The number of ether oxygens (including phenoxy) is 4. The van der Waals surface area contributed by atoms with Crippen LogP contribution in [0, 0.1) is 29.1 Å². The van der Waals surface area contributed by atoms with Crippen LogP contribution in [0.15, 0.2) is 30.3 Å². The summed E-state index contributed by atoms with van der Waals surface area (Å²) in [7, 11) is -3.39. The average Bonchev–Trinajstić information content (AvgIpc) is 2.94. The zero-order valence-electron chi connectivity index (χ0n) is 26.5. The monoisotopic (exact) mass is 621 g/mol. The molecule has 0 radical (unpaired) electrons. The minimum Gasteiger partial charge on any atom is -0.462 e. The van der Waals surface area contributed by atoms with Crippen molar-refractivity contribution < 1.29 is 37.0 Å². The first-order chi connectivity index (χ1) is 20.3. The summed E-state index contributed by atoms with van der Waals surface area (Å²) < 4.78 is 50.6. The van der Waals surface area contributed by atoms with Crippen LogP contribution in [0.4, 0.5) is 0 Å². The SMILES string of the molecule is CCC(C)(C)C(=O)O[C@H]1C[C@H](NS(C)(=O)=O)C[C@@H]2CC[C@H](C)[C@H](CC[C@H]3C[C@@H](OCOCc4ccccc4)CC(=O)O3)[C@H]21. The molecule has 242 valence electrons. The molecule has 10 heteroatoms. The number of rotatable bonds is 13. The Labute approximate surface area is 257 Å². The highest BCUT2D eigenvalue weighted by atomic mass is 32.2. The van der Waals surface area contributed by atoms with Gasteiger partial charge in [0.25, 0.3) is 0 Å². The Morgan fingerprint density at radius 2 is 1.84 bits per heavy atom. The van der Waals surface area contributed by atoms with Crippen LogP contribution in [0.25, 0.3) is 0 Å². The van der Waals surface area contributed by atoms with Crippen molar-refractivity contribution in [1.82, 2.24) is 4.72 Å². The van der Waals surface area contributed by atoms with Gasteiger partial charge in [0.2, 0.25) is 10.0 Å². The number of hydrogen-bond donors (Lipinski definition) is 1. The molecule has 0 unspecified atom stereocenters. The van der Waals surface area contributed by atoms with E-state index in [2.05, 4.69) is 11.6 Å². The molecule has 0 spiro atoms. The number of carbonyl (C=O) groups is 2. The van der Waals surface area contributed by atoms with Gasteiger partial charge in [-0.25, -0.2) is 13.1 Å². The van der Waals surface area contributed by atoms with Gasteiger partial charge in [0.05, 0.1) is 30.8 Å². The van der Waals surface area contributed by atoms with Gasteiger partial charge < -0.3 is 18.9 Å². The fourth-order valence-corrected chi connectivity index (χ4v) is 8.01. The standard InChI is InChI=1S/C33H51NO8S/c1-6-33(3,4)32(36)42-29-17-25(34-43(5,37)38)16-24-13-12-22(2)28(31(24)29)15-14-26-18-27(19-30(35)41-26)40-21-39-20-23-10-8-7-9-11-23/h7-11,22,24-29,31,34H,6,12-21H2,1-5H3/t22-,24-,25+,26-,27+,28-,29-,31-/m0/s1. The van der Waals surface area contributed by atoms with Crippen molar-refractivity contribution in [3.8, 4) is 0 Å². The van der Waals surface area contributed by atoms with E-state index in [9.17, 15) is 18.0 Å². The summed E-state index contributed by atoms with van der Waals surface area (Å²) in [5, 5.41) is 0. The number of benzene rings is 1. The van der Waals surface area contributed by atoms with Gasteiger partial charge in [0.15, 0.2) is 0 Å². The van der Waals surface area contributed by atoms with Crippen LogP contribution in [-0.2, 0) is 45.2 Å². The molecular weight excluding hydrogens is 570 g/mol. The Morgan fingerprint density at radius 3 is 2.53 bits per heavy atom. The van der Waals surface area contributed by atoms with Gasteiger partial charge in [-0.05, 0) is 69.3 Å². The van der Waals surface area contributed by atoms with E-state index >= 15 is 0 Å². The number of cyclic esters (lactones) is 1. The Kier molecular flexibility index (Phi) is 11.7. The molecule has 1 aromatic rings. The van der Waals surface area contributed by atoms with Crippen LogP contribution < -0.4 is 4.72 Å². The molecular formula is C33H51NO8S. The second kappa shape index (κ2) is 14.8. The maximum Gasteiger partial charge on any atom is 0.311 e. The Hall–Kier alpha value is -2.01. The van der Waals surface area contributed by atoms with Crippen LogP contribution in [0.5, 0.6) is 0 Å². The highest BCUT2D eigenvalue weighted by molar-refractivity contribution is 7.88. The number of sulfonamides is 1. The predicted octanol–water partition coefficient (Wildman–Crippen LogP) is 5.37. The lowest BCUT2D eigenvalue weighted by atomic mass is 9.59. The van der Waals surface area contributed by atoms with E-state index in [0.717, 1.165) is 31.2 Å². The largest absolute Gasteiger partial charge is 0.462 e. The topological polar surface area (TPSA) is 117 Å². The molecule has 0 bridgehead atoms. The summed E-state index contributed by atoms with van der Waals surface area (Å²) in [6.07, 6.45) is 6.61. The van der Waals surface area contributed by atoms with Crippen molar-refractivity contribution in [1.29, 1.82) is 0 Å². The van der Waals surface area contributed by atoms with E-state index < -0.39 is 15.4 Å². The van der Waals surface area contributed by atoms with E-state index in [1.807, 2.05) is 51.1 Å². The van der Waals surface area contributed by atoms with E-state index in [-0.39, 0.29) is 67.3 Å². The number of fused-ring (bicyclic) bond motifs is 1. The minimum atomic E-state index is -3.39. The molecule has 3 aliphatic rings. The molecule has 1 N–H and O–H groups in total. The first kappa shape index (κ1) is 33.9. The Balaban J connectivity index is 1.39. The second-order valence-corrected chi connectivity index (χ2v) is 15.4. The summed E-state index contributed by atoms with van der Waals surface area (Å²) in [6, 6.07) is 9.63. The molecule has 4 rings (SSSR count). The van der Waals surface area contributed by atoms with Crippen molar-refractivity contribution in [3.63, 3.8) is 0 Å². The Morgan fingerprint density at radius 1 is 1.09 bits per heavy atom. The summed E-state index contributed by atoms with van der Waals surface area (Å²) in [4.78, 5) is 25.7. The third-order valence-electron chi connectivity index (χ3n) is 9.91. The normalized spacial score (nSPS) is 31.6. The second-order valence-electron chi connectivity index (χ2n) is 13.7. The maximum absolute atomic E-state index is 13.2. The van der Waals surface area contributed by atoms with Crippen LogP contribution in [0.2, 0.25) is 0 Å². The summed E-state index contributed by atoms with van der Waals surface area (Å²) in [5.41, 5.74) is 0.453. The molecule has 43 heavy (non-hydrogen) atoms. The molecule has 2 saturated carbocycles. The number of carbonyl (C=O) groups excluding carboxylic acids is 2. The summed E-state index contributed by atoms with van der Waals surface area (Å²) >= 11 is 0. The van der Waals surface area contributed by atoms with Crippen molar-refractivity contribution in [2.45, 2.75) is 116 Å². The third kappa shape index (κ3) is 9.74. The molecule has 1 aliphatic heterocycles. The van der Waals surface area contributed by atoms with E-state index in [1.54, 1.807) is 0 Å². The van der Waals surface area contributed by atoms with Crippen LogP contribution in [-0.4, -0.2) is 57.8 Å². The third-order valence-corrected chi connectivity index (χ3v) is 10.7. The van der Waals surface area contributed by atoms with Gasteiger partial charge in [-0.2, -0.15) is 0 Å². The van der Waals surface area contributed by atoms with Crippen molar-refractivity contribution in [3.05, 3.63) is 35.9 Å².